The largest absolute Gasteiger partial charge is 0.282 e. The van der Waals surface area contributed by atoms with E-state index in [0.29, 0.717) is 0 Å². The fourth-order valence-corrected chi connectivity index (χ4v) is 2.49. The Hall–Kier alpha value is -1.64. The van der Waals surface area contributed by atoms with Crippen LogP contribution in [0.3, 0.4) is 0 Å². The quantitative estimate of drug-likeness (QED) is 0.844. The number of nitrogens with one attached hydrogen (secondary N) is 1. The van der Waals surface area contributed by atoms with E-state index < -0.39 is 0 Å². The second-order valence-electron chi connectivity index (χ2n) is 4.64. The Labute approximate surface area is 99.9 Å². The maximum absolute atomic E-state index is 12.8. The fraction of sp³-hybridized carbons (Fsp3) is 0.357. The first-order valence-electron chi connectivity index (χ1n) is 6.12. The molecule has 2 aromatic rings. The van der Waals surface area contributed by atoms with Gasteiger partial charge in [0.25, 0.3) is 0 Å². The van der Waals surface area contributed by atoms with Crippen LogP contribution in [0.2, 0.25) is 0 Å². The van der Waals surface area contributed by atoms with Gasteiger partial charge < -0.3 is 0 Å². The monoisotopic (exact) mass is 230 g/mol. The molecule has 3 rings (SSSR count). The highest BCUT2D eigenvalue weighted by Crippen LogP contribution is 2.23. The van der Waals surface area contributed by atoms with Crippen molar-refractivity contribution in [2.75, 3.05) is 0 Å². The Morgan fingerprint density at radius 1 is 1.12 bits per heavy atom. The summed E-state index contributed by atoms with van der Waals surface area (Å²) >= 11 is 0. The lowest BCUT2D eigenvalue weighted by Crippen LogP contribution is -2.03. The molecule has 0 unspecified atom stereocenters. The Morgan fingerprint density at radius 2 is 1.88 bits per heavy atom. The third-order valence-corrected chi connectivity index (χ3v) is 3.43. The van der Waals surface area contributed by atoms with E-state index >= 15 is 0 Å². The van der Waals surface area contributed by atoms with E-state index in [1.54, 1.807) is 0 Å². The maximum atomic E-state index is 12.8. The summed E-state index contributed by atoms with van der Waals surface area (Å²) in [5.74, 6) is -0.183. The number of fused-ring (bicyclic) bond motifs is 1. The van der Waals surface area contributed by atoms with Crippen LogP contribution in [0, 0.1) is 5.82 Å². The van der Waals surface area contributed by atoms with Gasteiger partial charge in [0, 0.05) is 12.1 Å². The molecular formula is C14H15FN2. The molecule has 3 heteroatoms. The van der Waals surface area contributed by atoms with E-state index in [2.05, 4.69) is 10.2 Å². The smallest absolute Gasteiger partial charge is 0.123 e. The number of hydrogen-bond donors (Lipinski definition) is 1. The van der Waals surface area contributed by atoms with Crippen LogP contribution >= 0.6 is 0 Å². The number of aromatic nitrogens is 2. The molecule has 0 spiro atoms. The highest BCUT2D eigenvalue weighted by molar-refractivity contribution is 5.32. The Bertz CT molecular complexity index is 514. The molecule has 1 N–H and O–H groups in total. The van der Waals surface area contributed by atoms with Gasteiger partial charge in [-0.1, -0.05) is 12.1 Å². The van der Waals surface area contributed by atoms with E-state index in [9.17, 15) is 4.39 Å². The molecule has 1 aromatic heterocycles. The number of rotatable bonds is 2. The SMILES string of the molecule is Fc1ccc(Cc2n[nH]c3c2CCCC3)cc1. The molecule has 1 heterocycles. The summed E-state index contributed by atoms with van der Waals surface area (Å²) in [4.78, 5) is 0. The van der Waals surface area contributed by atoms with E-state index in [0.717, 1.165) is 30.5 Å². The Kier molecular flexibility index (Phi) is 2.67. The van der Waals surface area contributed by atoms with Crippen LogP contribution in [0.4, 0.5) is 4.39 Å². The van der Waals surface area contributed by atoms with Gasteiger partial charge in [-0.25, -0.2) is 4.39 Å². The van der Waals surface area contributed by atoms with Crippen LogP contribution in [0.5, 0.6) is 0 Å². The molecule has 0 saturated carbocycles. The normalized spacial score (nSPS) is 14.6. The van der Waals surface area contributed by atoms with Crippen molar-refractivity contribution in [3.05, 3.63) is 52.6 Å². The Balaban J connectivity index is 1.85. The van der Waals surface area contributed by atoms with Crippen LogP contribution in [-0.4, -0.2) is 10.2 Å². The van der Waals surface area contributed by atoms with E-state index in [1.165, 1.54) is 36.2 Å². The van der Waals surface area contributed by atoms with Crippen molar-refractivity contribution in [2.24, 2.45) is 0 Å². The standard InChI is InChI=1S/C14H15FN2/c15-11-7-5-10(6-8-11)9-14-12-3-1-2-4-13(12)16-17-14/h5-8H,1-4,9H2,(H,16,17). The average Bonchev–Trinajstić information content (AvgIpc) is 2.76. The number of aromatic amines is 1. The van der Waals surface area contributed by atoms with Gasteiger partial charge >= 0.3 is 0 Å². The second-order valence-corrected chi connectivity index (χ2v) is 4.64. The molecule has 17 heavy (non-hydrogen) atoms. The van der Waals surface area contributed by atoms with E-state index in [1.807, 2.05) is 12.1 Å². The first kappa shape index (κ1) is 10.5. The highest BCUT2D eigenvalue weighted by atomic mass is 19.1. The lowest BCUT2D eigenvalue weighted by Gasteiger charge is -2.11. The van der Waals surface area contributed by atoms with Gasteiger partial charge in [-0.05, 0) is 48.9 Å². The highest BCUT2D eigenvalue weighted by Gasteiger charge is 2.16. The van der Waals surface area contributed by atoms with Crippen molar-refractivity contribution in [2.45, 2.75) is 32.1 Å². The van der Waals surface area contributed by atoms with Gasteiger partial charge in [-0.2, -0.15) is 5.10 Å². The molecular weight excluding hydrogens is 215 g/mol. The first-order chi connectivity index (χ1) is 8.33. The summed E-state index contributed by atoms with van der Waals surface area (Å²) in [7, 11) is 0. The van der Waals surface area contributed by atoms with Crippen molar-refractivity contribution < 1.29 is 4.39 Å². The summed E-state index contributed by atoms with van der Waals surface area (Å²) in [6, 6.07) is 6.68. The molecule has 1 aromatic carbocycles. The number of aryl methyl sites for hydroxylation is 1. The first-order valence-corrected chi connectivity index (χ1v) is 6.12. The van der Waals surface area contributed by atoms with Crippen molar-refractivity contribution in [1.29, 1.82) is 0 Å². The van der Waals surface area contributed by atoms with Crippen LogP contribution in [0.15, 0.2) is 24.3 Å². The zero-order valence-electron chi connectivity index (χ0n) is 9.67. The summed E-state index contributed by atoms with van der Waals surface area (Å²) in [6.45, 7) is 0. The predicted molar refractivity (Wildman–Crippen MR) is 64.4 cm³/mol. The minimum Gasteiger partial charge on any atom is -0.282 e. The average molecular weight is 230 g/mol. The molecule has 1 aliphatic carbocycles. The van der Waals surface area contributed by atoms with Gasteiger partial charge in [0.15, 0.2) is 0 Å². The minimum absolute atomic E-state index is 0.183. The van der Waals surface area contributed by atoms with Crippen molar-refractivity contribution in [1.82, 2.24) is 10.2 Å². The lowest BCUT2D eigenvalue weighted by molar-refractivity contribution is 0.627. The molecule has 2 nitrogen and oxygen atoms in total. The zero-order chi connectivity index (χ0) is 11.7. The molecule has 0 saturated heterocycles. The van der Waals surface area contributed by atoms with Crippen molar-refractivity contribution in [3.8, 4) is 0 Å². The second kappa shape index (κ2) is 4.32. The summed E-state index contributed by atoms with van der Waals surface area (Å²) in [6.07, 6.45) is 5.55. The maximum Gasteiger partial charge on any atom is 0.123 e. The third kappa shape index (κ3) is 2.09. The van der Waals surface area contributed by atoms with Crippen LogP contribution < -0.4 is 0 Å². The summed E-state index contributed by atoms with van der Waals surface area (Å²) in [5, 5.41) is 7.53. The van der Waals surface area contributed by atoms with Crippen molar-refractivity contribution in [3.63, 3.8) is 0 Å². The predicted octanol–water partition coefficient (Wildman–Crippen LogP) is 3.02. The van der Waals surface area contributed by atoms with Gasteiger partial charge in [-0.3, -0.25) is 5.10 Å². The van der Waals surface area contributed by atoms with Gasteiger partial charge in [-0.15, -0.1) is 0 Å². The van der Waals surface area contributed by atoms with Crippen LogP contribution in [0.1, 0.15) is 35.4 Å². The number of nitrogens with zero attached hydrogens (tertiary/aromatic N) is 1. The van der Waals surface area contributed by atoms with Crippen molar-refractivity contribution >= 4 is 0 Å². The zero-order valence-corrected chi connectivity index (χ0v) is 9.67. The van der Waals surface area contributed by atoms with Crippen LogP contribution in [0.25, 0.3) is 0 Å². The van der Waals surface area contributed by atoms with Gasteiger partial charge in [0.1, 0.15) is 5.82 Å². The minimum atomic E-state index is -0.183. The number of H-pyrrole nitrogens is 1. The fourth-order valence-electron chi connectivity index (χ4n) is 2.49. The number of hydrogen-bond acceptors (Lipinski definition) is 1. The molecule has 88 valence electrons. The number of halogens is 1. The molecule has 0 amide bonds. The number of benzene rings is 1. The molecule has 0 atom stereocenters. The third-order valence-electron chi connectivity index (χ3n) is 3.43. The Morgan fingerprint density at radius 3 is 2.71 bits per heavy atom. The molecule has 0 aliphatic heterocycles. The van der Waals surface area contributed by atoms with Crippen LogP contribution in [-0.2, 0) is 19.3 Å². The molecule has 1 aliphatic rings. The van der Waals surface area contributed by atoms with Gasteiger partial charge in [0.05, 0.1) is 5.69 Å². The van der Waals surface area contributed by atoms with Gasteiger partial charge in [0.2, 0.25) is 0 Å². The molecule has 0 fully saturated rings. The topological polar surface area (TPSA) is 28.7 Å². The summed E-state index contributed by atoms with van der Waals surface area (Å²) in [5.41, 5.74) is 4.94. The molecule has 0 radical (unpaired) electrons. The lowest BCUT2D eigenvalue weighted by atomic mass is 9.94. The van der Waals surface area contributed by atoms with E-state index in [4.69, 9.17) is 0 Å². The molecule has 0 bridgehead atoms. The van der Waals surface area contributed by atoms with E-state index in [-0.39, 0.29) is 5.82 Å². The summed E-state index contributed by atoms with van der Waals surface area (Å²) < 4.78 is 12.8.